The average Bonchev–Trinajstić information content (AvgIpc) is 2.68. The van der Waals surface area contributed by atoms with Gasteiger partial charge in [-0.05, 0) is 42.1 Å². The number of nitrogens with two attached hydrogens (primary N) is 1. The lowest BCUT2D eigenvalue weighted by Gasteiger charge is -2.09. The van der Waals surface area contributed by atoms with E-state index >= 15 is 0 Å². The summed E-state index contributed by atoms with van der Waals surface area (Å²) in [6, 6.07) is 6.45. The maximum atomic E-state index is 12.1. The van der Waals surface area contributed by atoms with Crippen molar-refractivity contribution in [3.8, 4) is 0 Å². The van der Waals surface area contributed by atoms with Crippen LogP contribution in [-0.4, -0.2) is 8.42 Å². The Morgan fingerprint density at radius 2 is 2.06 bits per heavy atom. The zero-order valence-corrected chi connectivity index (χ0v) is 10.8. The molecule has 0 unspecified atom stereocenters. The Bertz CT molecular complexity index is 619. The molecule has 1 aromatic heterocycles. The summed E-state index contributed by atoms with van der Waals surface area (Å²) in [6.45, 7) is 1.72. The van der Waals surface area contributed by atoms with Crippen molar-refractivity contribution in [1.82, 2.24) is 0 Å². The van der Waals surface area contributed by atoms with Crippen molar-refractivity contribution in [1.29, 1.82) is 0 Å². The van der Waals surface area contributed by atoms with Gasteiger partial charge in [-0.25, -0.2) is 8.42 Å². The van der Waals surface area contributed by atoms with Crippen LogP contribution in [-0.2, 0) is 10.0 Å². The summed E-state index contributed by atoms with van der Waals surface area (Å²) in [5.74, 6) is 0. The van der Waals surface area contributed by atoms with Crippen LogP contribution < -0.4 is 10.5 Å². The summed E-state index contributed by atoms with van der Waals surface area (Å²) in [4.78, 5) is 0.248. The SMILES string of the molecule is Cc1cc(N)ccc1S(=O)(=O)Nc1ccsc1. The van der Waals surface area contributed by atoms with Gasteiger partial charge in [-0.2, -0.15) is 11.3 Å². The van der Waals surface area contributed by atoms with Gasteiger partial charge in [-0.1, -0.05) is 0 Å². The number of sulfonamides is 1. The van der Waals surface area contributed by atoms with Crippen molar-refractivity contribution in [2.45, 2.75) is 11.8 Å². The maximum Gasteiger partial charge on any atom is 0.262 e. The van der Waals surface area contributed by atoms with Gasteiger partial charge < -0.3 is 5.73 Å². The molecule has 1 aromatic carbocycles. The van der Waals surface area contributed by atoms with Crippen LogP contribution in [0.1, 0.15) is 5.56 Å². The van der Waals surface area contributed by atoms with Gasteiger partial charge >= 0.3 is 0 Å². The van der Waals surface area contributed by atoms with Crippen molar-refractivity contribution in [3.05, 3.63) is 40.6 Å². The highest BCUT2D eigenvalue weighted by molar-refractivity contribution is 7.92. The third-order valence-corrected chi connectivity index (χ3v) is 4.49. The summed E-state index contributed by atoms with van der Waals surface area (Å²) in [7, 11) is -3.53. The van der Waals surface area contributed by atoms with Crippen LogP contribution in [0.25, 0.3) is 0 Å². The first-order valence-electron chi connectivity index (χ1n) is 4.90. The lowest BCUT2D eigenvalue weighted by atomic mass is 10.2. The Morgan fingerprint density at radius 1 is 1.29 bits per heavy atom. The molecule has 90 valence electrons. The number of rotatable bonds is 3. The van der Waals surface area contributed by atoms with Gasteiger partial charge in [0.2, 0.25) is 0 Å². The number of hydrogen-bond donors (Lipinski definition) is 2. The van der Waals surface area contributed by atoms with E-state index in [0.717, 1.165) is 0 Å². The quantitative estimate of drug-likeness (QED) is 0.840. The van der Waals surface area contributed by atoms with Crippen LogP contribution in [0.15, 0.2) is 39.9 Å². The van der Waals surface area contributed by atoms with Gasteiger partial charge in [-0.3, -0.25) is 4.72 Å². The first-order chi connectivity index (χ1) is 7.99. The molecule has 0 saturated carbocycles. The van der Waals surface area contributed by atoms with Crippen LogP contribution >= 0.6 is 11.3 Å². The van der Waals surface area contributed by atoms with E-state index in [9.17, 15) is 8.42 Å². The molecule has 0 spiro atoms. The van der Waals surface area contributed by atoms with Crippen LogP contribution in [0.2, 0.25) is 0 Å². The fourth-order valence-electron chi connectivity index (χ4n) is 1.51. The standard InChI is InChI=1S/C11H12N2O2S2/c1-8-6-9(12)2-3-11(8)17(14,15)13-10-4-5-16-7-10/h2-7,13H,12H2,1H3. The van der Waals surface area contributed by atoms with Gasteiger partial charge in [0.1, 0.15) is 0 Å². The lowest BCUT2D eigenvalue weighted by Crippen LogP contribution is -2.13. The molecule has 3 N–H and O–H groups in total. The van der Waals surface area contributed by atoms with E-state index < -0.39 is 10.0 Å². The summed E-state index contributed by atoms with van der Waals surface area (Å²) in [5, 5.41) is 3.55. The molecular weight excluding hydrogens is 256 g/mol. The van der Waals surface area contributed by atoms with Crippen molar-refractivity contribution in [3.63, 3.8) is 0 Å². The number of hydrogen-bond acceptors (Lipinski definition) is 4. The maximum absolute atomic E-state index is 12.1. The van der Waals surface area contributed by atoms with Crippen LogP contribution in [0.4, 0.5) is 11.4 Å². The topological polar surface area (TPSA) is 72.2 Å². The van der Waals surface area contributed by atoms with E-state index in [-0.39, 0.29) is 4.90 Å². The molecule has 0 atom stereocenters. The van der Waals surface area contributed by atoms with Crippen molar-refractivity contribution < 1.29 is 8.42 Å². The zero-order valence-electron chi connectivity index (χ0n) is 9.17. The smallest absolute Gasteiger partial charge is 0.262 e. The number of nitrogens with one attached hydrogen (secondary N) is 1. The number of thiophene rings is 1. The zero-order chi connectivity index (χ0) is 12.5. The predicted octanol–water partition coefficient (Wildman–Crippen LogP) is 2.44. The second-order valence-corrected chi connectivity index (χ2v) is 6.07. The van der Waals surface area contributed by atoms with Gasteiger partial charge in [0, 0.05) is 11.1 Å². The second-order valence-electron chi connectivity index (χ2n) is 3.64. The van der Waals surface area contributed by atoms with Gasteiger partial charge in [0.15, 0.2) is 0 Å². The minimum absolute atomic E-state index is 0.248. The van der Waals surface area contributed by atoms with E-state index in [1.807, 2.05) is 5.38 Å². The van der Waals surface area contributed by atoms with E-state index in [1.165, 1.54) is 17.4 Å². The number of nitrogen functional groups attached to an aromatic ring is 1. The summed E-state index contributed by atoms with van der Waals surface area (Å²) < 4.78 is 26.7. The molecule has 0 aliphatic carbocycles. The molecule has 1 heterocycles. The van der Waals surface area contributed by atoms with E-state index in [2.05, 4.69) is 4.72 Å². The molecule has 6 heteroatoms. The van der Waals surface area contributed by atoms with E-state index in [0.29, 0.717) is 16.9 Å². The molecule has 0 fully saturated rings. The number of anilines is 2. The van der Waals surface area contributed by atoms with E-state index in [1.54, 1.807) is 30.5 Å². The molecule has 0 aliphatic rings. The highest BCUT2D eigenvalue weighted by Gasteiger charge is 2.16. The van der Waals surface area contributed by atoms with Gasteiger partial charge in [0.05, 0.1) is 10.6 Å². The Kier molecular flexibility index (Phi) is 3.08. The monoisotopic (exact) mass is 268 g/mol. The Morgan fingerprint density at radius 3 is 2.65 bits per heavy atom. The Balaban J connectivity index is 2.38. The molecule has 0 radical (unpaired) electrons. The molecular formula is C11H12N2O2S2. The summed E-state index contributed by atoms with van der Waals surface area (Å²) in [5.41, 5.74) is 7.35. The number of aryl methyl sites for hydroxylation is 1. The first kappa shape index (κ1) is 11.9. The van der Waals surface area contributed by atoms with E-state index in [4.69, 9.17) is 5.73 Å². The normalized spacial score (nSPS) is 11.4. The molecule has 4 nitrogen and oxygen atoms in total. The number of benzene rings is 1. The Hall–Kier alpha value is -1.53. The van der Waals surface area contributed by atoms with Gasteiger partial charge in [0.25, 0.3) is 10.0 Å². The first-order valence-corrected chi connectivity index (χ1v) is 7.33. The molecule has 0 amide bonds. The van der Waals surface area contributed by atoms with Crippen LogP contribution in [0, 0.1) is 6.92 Å². The highest BCUT2D eigenvalue weighted by atomic mass is 32.2. The fraction of sp³-hybridized carbons (Fsp3) is 0.0909. The summed E-state index contributed by atoms with van der Waals surface area (Å²) >= 11 is 1.44. The van der Waals surface area contributed by atoms with Crippen molar-refractivity contribution >= 4 is 32.7 Å². The van der Waals surface area contributed by atoms with Crippen LogP contribution in [0.3, 0.4) is 0 Å². The largest absolute Gasteiger partial charge is 0.399 e. The summed E-state index contributed by atoms with van der Waals surface area (Å²) in [6.07, 6.45) is 0. The third kappa shape index (κ3) is 2.59. The lowest BCUT2D eigenvalue weighted by molar-refractivity contribution is 0.600. The average molecular weight is 268 g/mol. The molecule has 17 heavy (non-hydrogen) atoms. The minimum atomic E-state index is -3.53. The Labute approximate surface area is 104 Å². The highest BCUT2D eigenvalue weighted by Crippen LogP contribution is 2.22. The molecule has 2 aromatic rings. The third-order valence-electron chi connectivity index (χ3n) is 2.26. The molecule has 0 bridgehead atoms. The van der Waals surface area contributed by atoms with Gasteiger partial charge in [-0.15, -0.1) is 0 Å². The molecule has 0 saturated heterocycles. The predicted molar refractivity (Wildman–Crippen MR) is 70.7 cm³/mol. The van der Waals surface area contributed by atoms with Crippen molar-refractivity contribution in [2.24, 2.45) is 0 Å². The molecule has 0 aliphatic heterocycles. The minimum Gasteiger partial charge on any atom is -0.399 e. The molecule has 2 rings (SSSR count). The van der Waals surface area contributed by atoms with Crippen molar-refractivity contribution in [2.75, 3.05) is 10.5 Å². The fourth-order valence-corrected chi connectivity index (χ4v) is 3.45. The van der Waals surface area contributed by atoms with Crippen LogP contribution in [0.5, 0.6) is 0 Å². The second kappa shape index (κ2) is 4.38.